The first-order valence-corrected chi connectivity index (χ1v) is 8.77. The summed E-state index contributed by atoms with van der Waals surface area (Å²) in [6.07, 6.45) is 2.07. The molecule has 0 aromatic carbocycles. The molecule has 1 aliphatic rings. The van der Waals surface area contributed by atoms with Gasteiger partial charge in [0.15, 0.2) is 11.5 Å². The van der Waals surface area contributed by atoms with E-state index in [-0.39, 0.29) is 17.7 Å². The molecule has 0 spiro atoms. The van der Waals surface area contributed by atoms with Crippen molar-refractivity contribution in [2.45, 2.75) is 38.4 Å². The third kappa shape index (κ3) is 4.91. The van der Waals surface area contributed by atoms with Crippen LogP contribution < -0.4 is 5.32 Å². The number of rotatable bonds is 5. The molecular formula is C18H22F3N5. The van der Waals surface area contributed by atoms with Gasteiger partial charge in [-0.2, -0.15) is 13.2 Å². The molecule has 0 bridgehead atoms. The Hall–Kier alpha value is -2.22. The number of halogens is 3. The summed E-state index contributed by atoms with van der Waals surface area (Å²) in [6.45, 7) is 4.80. The Kier molecular flexibility index (Phi) is 5.70. The van der Waals surface area contributed by atoms with E-state index in [2.05, 4.69) is 25.2 Å². The summed E-state index contributed by atoms with van der Waals surface area (Å²) < 4.78 is 39.7. The van der Waals surface area contributed by atoms with E-state index in [9.17, 15) is 13.2 Å². The van der Waals surface area contributed by atoms with Crippen LogP contribution in [-0.4, -0.2) is 45.5 Å². The molecule has 1 N–H and O–H groups in total. The van der Waals surface area contributed by atoms with Gasteiger partial charge < -0.3 is 10.2 Å². The van der Waals surface area contributed by atoms with Crippen LogP contribution in [-0.2, 0) is 6.18 Å². The summed E-state index contributed by atoms with van der Waals surface area (Å²) in [5.41, 5.74) is -0.454. The third-order valence-electron chi connectivity index (χ3n) is 4.33. The lowest BCUT2D eigenvalue weighted by molar-refractivity contribution is -0.141. The van der Waals surface area contributed by atoms with Gasteiger partial charge in [0.25, 0.3) is 0 Å². The van der Waals surface area contributed by atoms with Gasteiger partial charge in [-0.1, -0.05) is 6.42 Å². The lowest BCUT2D eigenvalue weighted by Crippen LogP contribution is -2.38. The van der Waals surface area contributed by atoms with Crippen LogP contribution in [0.4, 0.5) is 19.0 Å². The van der Waals surface area contributed by atoms with Crippen LogP contribution in [0.1, 0.15) is 31.9 Å². The lowest BCUT2D eigenvalue weighted by atomic mass is 10.1. The third-order valence-corrected chi connectivity index (χ3v) is 4.33. The molecule has 1 aliphatic heterocycles. The number of piperidine rings is 1. The van der Waals surface area contributed by atoms with Crippen molar-refractivity contribution in [3.8, 4) is 11.4 Å². The number of likely N-dealkylation sites (tertiary alicyclic amines) is 1. The van der Waals surface area contributed by atoms with Gasteiger partial charge in [0.1, 0.15) is 5.82 Å². The van der Waals surface area contributed by atoms with Crippen LogP contribution in [0.25, 0.3) is 11.4 Å². The highest BCUT2D eigenvalue weighted by atomic mass is 19.4. The van der Waals surface area contributed by atoms with Crippen molar-refractivity contribution in [3.63, 3.8) is 0 Å². The Morgan fingerprint density at radius 2 is 1.81 bits per heavy atom. The molecule has 0 saturated carbocycles. The molecule has 1 atom stereocenters. The molecule has 0 radical (unpaired) electrons. The Labute approximate surface area is 150 Å². The van der Waals surface area contributed by atoms with Crippen molar-refractivity contribution < 1.29 is 13.2 Å². The largest absolute Gasteiger partial charge is 0.433 e. The van der Waals surface area contributed by atoms with E-state index < -0.39 is 11.9 Å². The number of alkyl halides is 3. The van der Waals surface area contributed by atoms with Gasteiger partial charge in [-0.05, 0) is 45.0 Å². The number of pyridine rings is 1. The summed E-state index contributed by atoms with van der Waals surface area (Å²) in [5, 5.41) is 3.10. The van der Waals surface area contributed by atoms with Gasteiger partial charge in [0, 0.05) is 36.6 Å². The van der Waals surface area contributed by atoms with E-state index in [1.54, 1.807) is 12.1 Å². The van der Waals surface area contributed by atoms with E-state index in [0.29, 0.717) is 5.56 Å². The van der Waals surface area contributed by atoms with Crippen molar-refractivity contribution in [1.29, 1.82) is 0 Å². The Bertz CT molecular complexity index is 715. The van der Waals surface area contributed by atoms with Gasteiger partial charge >= 0.3 is 6.18 Å². The summed E-state index contributed by atoms with van der Waals surface area (Å²) >= 11 is 0. The summed E-state index contributed by atoms with van der Waals surface area (Å²) in [7, 11) is 0. The van der Waals surface area contributed by atoms with Crippen molar-refractivity contribution in [2.75, 3.05) is 25.0 Å². The van der Waals surface area contributed by atoms with Crippen LogP contribution in [0.5, 0.6) is 0 Å². The molecule has 1 saturated heterocycles. The predicted octanol–water partition coefficient (Wildman–Crippen LogP) is 3.84. The van der Waals surface area contributed by atoms with Crippen LogP contribution in [0.2, 0.25) is 0 Å². The first-order chi connectivity index (χ1) is 12.4. The van der Waals surface area contributed by atoms with E-state index in [4.69, 9.17) is 0 Å². The molecule has 26 heavy (non-hydrogen) atoms. The van der Waals surface area contributed by atoms with E-state index in [1.807, 2.05) is 6.92 Å². The highest BCUT2D eigenvalue weighted by Crippen LogP contribution is 2.30. The molecule has 8 heteroatoms. The molecular weight excluding hydrogens is 343 g/mol. The minimum absolute atomic E-state index is 0.0191. The molecule has 2 aromatic rings. The second-order valence-corrected chi connectivity index (χ2v) is 6.60. The average molecular weight is 365 g/mol. The molecule has 1 fully saturated rings. The number of anilines is 1. The molecule has 2 aromatic heterocycles. The standard InChI is InChI=1S/C18H22F3N5/c1-13(12-26-9-3-2-4-10-26)23-16-11-15(18(19,20)21)24-17(25-16)14-5-7-22-8-6-14/h5-8,11,13H,2-4,9-10,12H2,1H3,(H,23,24,25). The first-order valence-electron chi connectivity index (χ1n) is 8.77. The number of aromatic nitrogens is 3. The van der Waals surface area contributed by atoms with E-state index >= 15 is 0 Å². The Balaban J connectivity index is 1.81. The van der Waals surface area contributed by atoms with Gasteiger partial charge in [-0.25, -0.2) is 9.97 Å². The molecule has 5 nitrogen and oxygen atoms in total. The molecule has 1 unspecified atom stereocenters. The van der Waals surface area contributed by atoms with Gasteiger partial charge in [0.2, 0.25) is 0 Å². The molecule has 0 amide bonds. The van der Waals surface area contributed by atoms with Gasteiger partial charge in [-0.15, -0.1) is 0 Å². The zero-order valence-electron chi connectivity index (χ0n) is 14.6. The predicted molar refractivity (Wildman–Crippen MR) is 93.6 cm³/mol. The minimum atomic E-state index is -4.53. The van der Waals surface area contributed by atoms with Gasteiger partial charge in [0.05, 0.1) is 0 Å². The fourth-order valence-corrected chi connectivity index (χ4v) is 3.12. The SMILES string of the molecule is CC(CN1CCCCC1)Nc1cc(C(F)(F)F)nc(-c2ccncc2)n1. The number of hydrogen-bond donors (Lipinski definition) is 1. The maximum atomic E-state index is 13.2. The van der Waals surface area contributed by atoms with Crippen molar-refractivity contribution in [1.82, 2.24) is 19.9 Å². The topological polar surface area (TPSA) is 53.9 Å². The number of nitrogens with one attached hydrogen (secondary N) is 1. The zero-order chi connectivity index (χ0) is 18.6. The maximum Gasteiger partial charge on any atom is 0.433 e. The quantitative estimate of drug-likeness (QED) is 0.872. The van der Waals surface area contributed by atoms with Crippen molar-refractivity contribution >= 4 is 5.82 Å². The first kappa shape index (κ1) is 18.6. The second-order valence-electron chi connectivity index (χ2n) is 6.60. The summed E-state index contributed by atoms with van der Waals surface area (Å²) in [4.78, 5) is 14.2. The summed E-state index contributed by atoms with van der Waals surface area (Å²) in [6, 6.07) is 4.14. The van der Waals surface area contributed by atoms with Gasteiger partial charge in [-0.3, -0.25) is 4.98 Å². The molecule has 3 heterocycles. The fourth-order valence-electron chi connectivity index (χ4n) is 3.12. The maximum absolute atomic E-state index is 13.2. The van der Waals surface area contributed by atoms with Crippen LogP contribution in [0, 0.1) is 0 Å². The molecule has 140 valence electrons. The fraction of sp³-hybridized carbons (Fsp3) is 0.500. The Morgan fingerprint density at radius 1 is 1.12 bits per heavy atom. The molecule has 0 aliphatic carbocycles. The molecule has 3 rings (SSSR count). The number of nitrogens with zero attached hydrogens (tertiary/aromatic N) is 4. The van der Waals surface area contributed by atoms with Crippen molar-refractivity contribution in [3.05, 3.63) is 36.3 Å². The van der Waals surface area contributed by atoms with Crippen LogP contribution in [0.3, 0.4) is 0 Å². The second kappa shape index (κ2) is 7.99. The Morgan fingerprint density at radius 3 is 2.46 bits per heavy atom. The lowest BCUT2D eigenvalue weighted by Gasteiger charge is -2.29. The monoisotopic (exact) mass is 365 g/mol. The van der Waals surface area contributed by atoms with Crippen LogP contribution in [0.15, 0.2) is 30.6 Å². The van der Waals surface area contributed by atoms with Crippen molar-refractivity contribution in [2.24, 2.45) is 0 Å². The summed E-state index contributed by atoms with van der Waals surface area (Å²) in [5.74, 6) is 0.221. The highest BCUT2D eigenvalue weighted by Gasteiger charge is 2.34. The zero-order valence-corrected chi connectivity index (χ0v) is 14.6. The smallest absolute Gasteiger partial charge is 0.366 e. The van der Waals surface area contributed by atoms with E-state index in [0.717, 1.165) is 25.7 Å². The normalized spacial score (nSPS) is 17.1. The minimum Gasteiger partial charge on any atom is -0.366 e. The van der Waals surface area contributed by atoms with Crippen LogP contribution >= 0.6 is 0 Å². The highest BCUT2D eigenvalue weighted by molar-refractivity contribution is 5.57. The average Bonchev–Trinajstić information content (AvgIpc) is 2.62. The number of hydrogen-bond acceptors (Lipinski definition) is 5. The van der Waals surface area contributed by atoms with E-state index in [1.165, 1.54) is 31.7 Å².